The van der Waals surface area contributed by atoms with E-state index in [1.165, 1.54) is 24.3 Å². The summed E-state index contributed by atoms with van der Waals surface area (Å²) in [6.45, 7) is 0. The van der Waals surface area contributed by atoms with E-state index in [1.807, 2.05) is 0 Å². The van der Waals surface area contributed by atoms with E-state index in [-0.39, 0.29) is 18.8 Å². The molecule has 1 aromatic carbocycles. The summed E-state index contributed by atoms with van der Waals surface area (Å²) in [6, 6.07) is 5.68. The topological polar surface area (TPSA) is 105 Å². The number of carboxylic acids is 1. The first-order valence-electron chi connectivity index (χ1n) is 5.44. The molecule has 0 aliphatic rings. The number of nitrogens with two attached hydrogens (primary N) is 1. The maximum Gasteiger partial charge on any atom is 0.411 e. The summed E-state index contributed by atoms with van der Waals surface area (Å²) in [5.74, 6) is -15.1. The number of carboxylic acid groups (broad SMARTS) is 1. The van der Waals surface area contributed by atoms with Gasteiger partial charge in [-0.3, -0.25) is 5.10 Å². The number of rotatable bonds is 4. The van der Waals surface area contributed by atoms with E-state index in [0.717, 1.165) is 0 Å². The van der Waals surface area contributed by atoms with Crippen LogP contribution in [0.2, 0.25) is 0 Å². The number of hydrogen-bond acceptors (Lipinski definition) is 4. The maximum absolute atomic E-state index is 13.5. The van der Waals surface area contributed by atoms with Crippen LogP contribution in [-0.4, -0.2) is 32.2 Å². The number of aromatic amines is 1. The number of alkyl halides is 4. The summed E-state index contributed by atoms with van der Waals surface area (Å²) < 4.78 is 53.0. The fourth-order valence-corrected chi connectivity index (χ4v) is 1.45. The van der Waals surface area contributed by atoms with Crippen LogP contribution < -0.4 is 5.73 Å². The van der Waals surface area contributed by atoms with Crippen LogP contribution in [0.15, 0.2) is 24.3 Å². The molecule has 0 aliphatic carbocycles. The zero-order valence-corrected chi connectivity index (χ0v) is 10.1. The number of hydrogen-bond donors (Lipinski definition) is 3. The normalized spacial score (nSPS) is 11.8. The van der Waals surface area contributed by atoms with E-state index in [1.54, 1.807) is 5.10 Å². The molecule has 0 fully saturated rings. The van der Waals surface area contributed by atoms with Gasteiger partial charge in [-0.1, -0.05) is 7.43 Å². The number of nitrogens with zero attached hydrogens (tertiary/aromatic N) is 2. The molecule has 0 saturated carbocycles. The van der Waals surface area contributed by atoms with Crippen molar-refractivity contribution in [2.45, 2.75) is 19.3 Å². The van der Waals surface area contributed by atoms with Gasteiger partial charge in [-0.25, -0.2) is 9.78 Å². The molecule has 0 amide bonds. The number of benzene rings is 1. The summed E-state index contributed by atoms with van der Waals surface area (Å²) in [7, 11) is 0. The molecular formula is C12H12F4N4O2. The van der Waals surface area contributed by atoms with Crippen molar-refractivity contribution in [1.29, 1.82) is 0 Å². The Morgan fingerprint density at radius 2 is 1.73 bits per heavy atom. The summed E-state index contributed by atoms with van der Waals surface area (Å²) >= 11 is 0. The minimum Gasteiger partial charge on any atom is -0.477 e. The predicted molar refractivity (Wildman–Crippen MR) is 69.4 cm³/mol. The van der Waals surface area contributed by atoms with E-state index >= 15 is 0 Å². The van der Waals surface area contributed by atoms with Crippen LogP contribution in [0.3, 0.4) is 0 Å². The van der Waals surface area contributed by atoms with Gasteiger partial charge in [0.15, 0.2) is 5.82 Å². The SMILES string of the molecule is C.Nc1ccc(-c2n[nH]c(C(F)(F)C(F)(F)C(=O)O)n2)cc1. The lowest BCUT2D eigenvalue weighted by molar-refractivity contribution is -0.231. The number of nitrogens with one attached hydrogen (secondary N) is 1. The molecule has 2 rings (SSSR count). The Balaban J connectivity index is 0.00000242. The molecule has 0 unspecified atom stereocenters. The number of aliphatic carboxylic acids is 1. The van der Waals surface area contributed by atoms with Gasteiger partial charge in [-0.15, -0.1) is 0 Å². The highest BCUT2D eigenvalue weighted by Crippen LogP contribution is 2.41. The lowest BCUT2D eigenvalue weighted by Gasteiger charge is -2.20. The van der Waals surface area contributed by atoms with Crippen molar-refractivity contribution in [2.24, 2.45) is 0 Å². The van der Waals surface area contributed by atoms with Gasteiger partial charge in [-0.2, -0.15) is 22.7 Å². The second-order valence-corrected chi connectivity index (χ2v) is 4.08. The van der Waals surface area contributed by atoms with Gasteiger partial charge >= 0.3 is 17.8 Å². The molecular weight excluding hydrogens is 308 g/mol. The molecule has 0 radical (unpaired) electrons. The largest absolute Gasteiger partial charge is 0.477 e. The monoisotopic (exact) mass is 320 g/mol. The lowest BCUT2D eigenvalue weighted by Crippen LogP contribution is -2.45. The average Bonchev–Trinajstić information content (AvgIpc) is 2.89. The molecule has 6 nitrogen and oxygen atoms in total. The third kappa shape index (κ3) is 2.71. The Morgan fingerprint density at radius 1 is 1.18 bits per heavy atom. The molecule has 1 heterocycles. The van der Waals surface area contributed by atoms with Crippen LogP contribution in [0.4, 0.5) is 23.2 Å². The van der Waals surface area contributed by atoms with Crippen LogP contribution in [-0.2, 0) is 10.7 Å². The van der Waals surface area contributed by atoms with Gasteiger partial charge in [0.2, 0.25) is 5.82 Å². The van der Waals surface area contributed by atoms with Crippen LogP contribution in [0, 0.1) is 0 Å². The Bertz CT molecular complexity index is 670. The molecule has 0 spiro atoms. The molecule has 4 N–H and O–H groups in total. The highest BCUT2D eigenvalue weighted by atomic mass is 19.3. The van der Waals surface area contributed by atoms with Crippen molar-refractivity contribution in [3.8, 4) is 11.4 Å². The molecule has 2 aromatic rings. The molecule has 0 bridgehead atoms. The number of H-pyrrole nitrogens is 1. The van der Waals surface area contributed by atoms with Gasteiger partial charge in [0, 0.05) is 11.3 Å². The number of carbonyl (C=O) groups is 1. The highest BCUT2D eigenvalue weighted by molar-refractivity contribution is 5.77. The minimum atomic E-state index is -5.31. The van der Waals surface area contributed by atoms with Gasteiger partial charge < -0.3 is 10.8 Å². The average molecular weight is 320 g/mol. The first-order chi connectivity index (χ1) is 9.66. The Morgan fingerprint density at radius 3 is 2.23 bits per heavy atom. The van der Waals surface area contributed by atoms with E-state index in [4.69, 9.17) is 10.8 Å². The molecule has 0 saturated heterocycles. The van der Waals surface area contributed by atoms with Gasteiger partial charge in [0.1, 0.15) is 0 Å². The van der Waals surface area contributed by atoms with Crippen LogP contribution in [0.5, 0.6) is 0 Å². The number of anilines is 1. The fourth-order valence-electron chi connectivity index (χ4n) is 1.45. The van der Waals surface area contributed by atoms with Crippen molar-refractivity contribution in [3.05, 3.63) is 30.1 Å². The van der Waals surface area contributed by atoms with E-state index in [2.05, 4.69) is 10.1 Å². The van der Waals surface area contributed by atoms with E-state index in [0.29, 0.717) is 5.69 Å². The Hall–Kier alpha value is -2.65. The number of aromatic nitrogens is 3. The number of halogens is 4. The molecule has 22 heavy (non-hydrogen) atoms. The smallest absolute Gasteiger partial charge is 0.411 e. The fraction of sp³-hybridized carbons (Fsp3) is 0.250. The standard InChI is InChI=1S/C11H8F4N4O2.CH4/c12-10(13,11(14,15)9(20)21)8-17-7(18-19-8)5-1-3-6(16)4-2-5;/h1-4H,16H2,(H,20,21)(H,17,18,19);1H4. The van der Waals surface area contributed by atoms with Crippen molar-refractivity contribution < 1.29 is 27.5 Å². The summed E-state index contributed by atoms with van der Waals surface area (Å²) in [4.78, 5) is 13.5. The van der Waals surface area contributed by atoms with Crippen LogP contribution in [0.25, 0.3) is 11.4 Å². The lowest BCUT2D eigenvalue weighted by atomic mass is 10.1. The van der Waals surface area contributed by atoms with Crippen molar-refractivity contribution >= 4 is 11.7 Å². The van der Waals surface area contributed by atoms with Gasteiger partial charge in [0.25, 0.3) is 0 Å². The van der Waals surface area contributed by atoms with Crippen molar-refractivity contribution in [2.75, 3.05) is 5.73 Å². The molecule has 120 valence electrons. The third-order valence-electron chi connectivity index (χ3n) is 2.61. The third-order valence-corrected chi connectivity index (χ3v) is 2.61. The van der Waals surface area contributed by atoms with Crippen LogP contribution in [0.1, 0.15) is 13.3 Å². The molecule has 0 aliphatic heterocycles. The quantitative estimate of drug-likeness (QED) is 0.593. The highest BCUT2D eigenvalue weighted by Gasteiger charge is 2.65. The van der Waals surface area contributed by atoms with Crippen molar-refractivity contribution in [3.63, 3.8) is 0 Å². The summed E-state index contributed by atoms with van der Waals surface area (Å²) in [6.07, 6.45) is 0. The zero-order valence-electron chi connectivity index (χ0n) is 10.1. The summed E-state index contributed by atoms with van der Waals surface area (Å²) in [5, 5.41) is 13.2. The predicted octanol–water partition coefficient (Wildman–Crippen LogP) is 2.50. The molecule has 0 atom stereocenters. The van der Waals surface area contributed by atoms with E-state index < -0.39 is 23.6 Å². The Labute approximate surface area is 122 Å². The van der Waals surface area contributed by atoms with Crippen LogP contribution >= 0.6 is 0 Å². The Kier molecular flexibility index (Phi) is 4.45. The molecule has 1 aromatic heterocycles. The van der Waals surface area contributed by atoms with Crippen molar-refractivity contribution in [1.82, 2.24) is 15.2 Å². The second-order valence-electron chi connectivity index (χ2n) is 4.08. The first-order valence-corrected chi connectivity index (χ1v) is 5.44. The zero-order chi connectivity index (χ0) is 15.8. The van der Waals surface area contributed by atoms with E-state index in [9.17, 15) is 22.4 Å². The minimum absolute atomic E-state index is 0. The maximum atomic E-state index is 13.5. The summed E-state index contributed by atoms with van der Waals surface area (Å²) in [5.41, 5.74) is 6.09. The number of nitrogen functional groups attached to an aromatic ring is 1. The first kappa shape index (κ1) is 17.4. The second kappa shape index (κ2) is 5.62. The van der Waals surface area contributed by atoms with Gasteiger partial charge in [0.05, 0.1) is 0 Å². The van der Waals surface area contributed by atoms with Gasteiger partial charge in [-0.05, 0) is 24.3 Å². The molecule has 10 heteroatoms.